The van der Waals surface area contributed by atoms with Crippen LogP contribution in [0.1, 0.15) is 41.0 Å². The number of halogens is 1. The third-order valence-corrected chi connectivity index (χ3v) is 6.68. The van der Waals surface area contributed by atoms with Crippen molar-refractivity contribution in [3.8, 4) is 28.7 Å². The number of rotatable bonds is 10. The zero-order chi connectivity index (χ0) is 29.0. The van der Waals surface area contributed by atoms with Gasteiger partial charge < -0.3 is 14.4 Å². The summed E-state index contributed by atoms with van der Waals surface area (Å²) < 4.78 is 51.0. The fourth-order valence-electron chi connectivity index (χ4n) is 3.93. The van der Waals surface area contributed by atoms with Crippen molar-refractivity contribution >= 4 is 21.6 Å². The molecular weight excluding hydrogens is 523 g/mol. The lowest BCUT2D eigenvalue weighted by Crippen LogP contribution is -2.29. The second-order valence-corrected chi connectivity index (χ2v) is 11.2. The molecule has 0 radical (unpaired) electrons. The minimum absolute atomic E-state index is 0.00140. The number of hydrogen-bond acceptors (Lipinski definition) is 7. The normalized spacial score (nSPS) is 11.5. The van der Waals surface area contributed by atoms with Crippen LogP contribution in [0.3, 0.4) is 0 Å². The van der Waals surface area contributed by atoms with Crippen molar-refractivity contribution in [3.05, 3.63) is 71.0 Å². The van der Waals surface area contributed by atoms with Gasteiger partial charge in [0, 0.05) is 25.4 Å². The van der Waals surface area contributed by atoms with E-state index in [-0.39, 0.29) is 35.7 Å². The van der Waals surface area contributed by atoms with Gasteiger partial charge in [-0.15, -0.1) is 0 Å². The molecule has 3 rings (SSSR count). The van der Waals surface area contributed by atoms with Crippen molar-refractivity contribution in [3.63, 3.8) is 0 Å². The standard InChI is InChI=1S/C28H31FN4O5S/c1-18-13-25(38-12-11-32-39(6,35)36)21(27(34)33(4)23-9-7-8-10-24(23)37-5)15-20(18)22-17-31-26(28(2,3)29)14-19(22)16-30/h7-10,13-15,17,32H,11-12H2,1-6H3. The number of nitrogens with zero attached hydrogens (tertiary/aromatic N) is 3. The third kappa shape index (κ3) is 7.10. The number of amides is 1. The molecule has 0 aliphatic rings. The lowest BCUT2D eigenvalue weighted by Gasteiger charge is -2.23. The van der Waals surface area contributed by atoms with E-state index < -0.39 is 21.6 Å². The molecule has 0 spiro atoms. The molecule has 0 fully saturated rings. The minimum atomic E-state index is -3.42. The van der Waals surface area contributed by atoms with Crippen LogP contribution in [0, 0.1) is 18.3 Å². The van der Waals surface area contributed by atoms with E-state index in [9.17, 15) is 22.9 Å². The Morgan fingerprint density at radius 1 is 1.18 bits per heavy atom. The molecule has 1 heterocycles. The largest absolute Gasteiger partial charge is 0.495 e. The Morgan fingerprint density at radius 2 is 1.87 bits per heavy atom. The zero-order valence-electron chi connectivity index (χ0n) is 22.7. The van der Waals surface area contributed by atoms with Crippen LogP contribution in [-0.4, -0.2) is 52.9 Å². The van der Waals surface area contributed by atoms with Crippen molar-refractivity contribution in [1.29, 1.82) is 5.26 Å². The van der Waals surface area contributed by atoms with E-state index in [4.69, 9.17) is 9.47 Å². The van der Waals surface area contributed by atoms with Crippen molar-refractivity contribution in [1.82, 2.24) is 9.71 Å². The molecule has 11 heteroatoms. The topological polar surface area (TPSA) is 122 Å². The molecule has 39 heavy (non-hydrogen) atoms. The van der Waals surface area contributed by atoms with Crippen LogP contribution in [0.15, 0.2) is 48.7 Å². The highest BCUT2D eigenvalue weighted by atomic mass is 32.2. The van der Waals surface area contributed by atoms with Crippen molar-refractivity contribution in [2.75, 3.05) is 38.5 Å². The number of benzene rings is 2. The Morgan fingerprint density at radius 3 is 2.49 bits per heavy atom. The van der Waals surface area contributed by atoms with Crippen LogP contribution in [0.2, 0.25) is 0 Å². The Labute approximate surface area is 228 Å². The summed E-state index contributed by atoms with van der Waals surface area (Å²) in [6.07, 6.45) is 2.46. The molecule has 0 aliphatic carbocycles. The molecule has 0 saturated carbocycles. The number of pyridine rings is 1. The van der Waals surface area contributed by atoms with Crippen molar-refractivity contribution in [2.45, 2.75) is 26.4 Å². The smallest absolute Gasteiger partial charge is 0.261 e. The van der Waals surface area contributed by atoms with Crippen LogP contribution >= 0.6 is 0 Å². The van der Waals surface area contributed by atoms with E-state index >= 15 is 0 Å². The van der Waals surface area contributed by atoms with Gasteiger partial charge in [0.05, 0.1) is 41.9 Å². The average molecular weight is 555 g/mol. The molecule has 0 unspecified atom stereocenters. The maximum Gasteiger partial charge on any atom is 0.261 e. The summed E-state index contributed by atoms with van der Waals surface area (Å²) in [5.74, 6) is 0.284. The van der Waals surface area contributed by atoms with Gasteiger partial charge in [-0.05, 0) is 62.2 Å². The van der Waals surface area contributed by atoms with E-state index in [2.05, 4.69) is 15.8 Å². The first-order valence-electron chi connectivity index (χ1n) is 12.0. The number of nitriles is 1. The van der Waals surface area contributed by atoms with E-state index in [1.54, 1.807) is 50.4 Å². The van der Waals surface area contributed by atoms with Gasteiger partial charge in [-0.2, -0.15) is 5.26 Å². The quantitative estimate of drug-likeness (QED) is 0.370. The number of carbonyl (C=O) groups excluding carboxylic acids is 1. The first-order valence-corrected chi connectivity index (χ1v) is 13.9. The van der Waals surface area contributed by atoms with Crippen molar-refractivity contribution < 1.29 is 27.1 Å². The summed E-state index contributed by atoms with van der Waals surface area (Å²) in [4.78, 5) is 19.4. The number of aromatic nitrogens is 1. The van der Waals surface area contributed by atoms with E-state index in [1.165, 1.54) is 38.1 Å². The molecule has 1 aromatic heterocycles. The molecule has 206 valence electrons. The number of nitrogens with one attached hydrogen (secondary N) is 1. The summed E-state index contributed by atoms with van der Waals surface area (Å²) in [7, 11) is -0.323. The van der Waals surface area contributed by atoms with E-state index in [0.717, 1.165) is 6.26 Å². The number of aryl methyl sites for hydroxylation is 1. The number of carbonyl (C=O) groups is 1. The Hall–Kier alpha value is -4.01. The summed E-state index contributed by atoms with van der Waals surface area (Å²) in [6, 6.07) is 13.8. The van der Waals surface area contributed by atoms with Crippen LogP contribution in [-0.2, 0) is 15.7 Å². The number of ether oxygens (including phenoxy) is 2. The maximum atomic E-state index is 14.5. The number of anilines is 1. The molecule has 3 aromatic rings. The predicted molar refractivity (Wildman–Crippen MR) is 147 cm³/mol. The fraction of sp³-hybridized carbons (Fsp3) is 0.321. The maximum absolute atomic E-state index is 14.5. The molecule has 0 atom stereocenters. The summed E-state index contributed by atoms with van der Waals surface area (Å²) >= 11 is 0. The molecular formula is C28H31FN4O5S. The van der Waals surface area contributed by atoms with Gasteiger partial charge in [0.2, 0.25) is 10.0 Å². The lowest BCUT2D eigenvalue weighted by molar-refractivity contribution is 0.0988. The molecule has 2 aromatic carbocycles. The van der Waals surface area contributed by atoms with Gasteiger partial charge in [0.25, 0.3) is 5.91 Å². The highest BCUT2D eigenvalue weighted by molar-refractivity contribution is 7.88. The van der Waals surface area contributed by atoms with Gasteiger partial charge in [0.1, 0.15) is 23.8 Å². The minimum Gasteiger partial charge on any atom is -0.495 e. The predicted octanol–water partition coefficient (Wildman–Crippen LogP) is 4.35. The lowest BCUT2D eigenvalue weighted by atomic mass is 9.93. The number of alkyl halides is 1. The van der Waals surface area contributed by atoms with Crippen LogP contribution < -0.4 is 19.1 Å². The molecule has 0 bridgehead atoms. The SMILES string of the molecule is COc1ccccc1N(C)C(=O)c1cc(-c2cnc(C(C)(C)F)cc2C#N)c(C)cc1OCCNS(C)(=O)=O. The molecule has 9 nitrogen and oxygen atoms in total. The molecule has 0 aliphatic heterocycles. The molecule has 0 saturated heterocycles. The van der Waals surface area contributed by atoms with Gasteiger partial charge in [-0.3, -0.25) is 9.78 Å². The van der Waals surface area contributed by atoms with Crippen LogP contribution in [0.5, 0.6) is 11.5 Å². The van der Waals surface area contributed by atoms with E-state index in [1.807, 2.05) is 0 Å². The fourth-order valence-corrected chi connectivity index (χ4v) is 4.38. The first kappa shape index (κ1) is 29.5. The Kier molecular flexibility index (Phi) is 8.94. The summed E-state index contributed by atoms with van der Waals surface area (Å²) in [5.41, 5.74) is 0.913. The third-order valence-electron chi connectivity index (χ3n) is 5.96. The first-order chi connectivity index (χ1) is 18.3. The molecule has 1 N–H and O–H groups in total. The molecule has 1 amide bonds. The van der Waals surface area contributed by atoms with Gasteiger partial charge in [-0.25, -0.2) is 17.5 Å². The van der Waals surface area contributed by atoms with E-state index in [0.29, 0.717) is 28.1 Å². The number of para-hydroxylation sites is 2. The number of hydrogen-bond donors (Lipinski definition) is 1. The second kappa shape index (κ2) is 11.8. The number of methoxy groups -OCH3 is 1. The summed E-state index contributed by atoms with van der Waals surface area (Å²) in [5, 5.41) is 9.83. The highest BCUT2D eigenvalue weighted by Crippen LogP contribution is 2.36. The zero-order valence-corrected chi connectivity index (χ0v) is 23.5. The van der Waals surface area contributed by atoms with Crippen LogP contribution in [0.25, 0.3) is 11.1 Å². The van der Waals surface area contributed by atoms with Gasteiger partial charge in [-0.1, -0.05) is 12.1 Å². The number of sulfonamides is 1. The average Bonchev–Trinajstić information content (AvgIpc) is 2.89. The highest BCUT2D eigenvalue weighted by Gasteiger charge is 2.25. The van der Waals surface area contributed by atoms with Crippen molar-refractivity contribution in [2.24, 2.45) is 0 Å². The Balaban J connectivity index is 2.13. The van der Waals surface area contributed by atoms with Gasteiger partial charge in [0.15, 0.2) is 0 Å². The summed E-state index contributed by atoms with van der Waals surface area (Å²) in [6.45, 7) is 4.46. The second-order valence-electron chi connectivity index (χ2n) is 9.41. The van der Waals surface area contributed by atoms with Gasteiger partial charge >= 0.3 is 0 Å². The van der Waals surface area contributed by atoms with Crippen LogP contribution in [0.4, 0.5) is 10.1 Å². The Bertz CT molecular complexity index is 1530. The monoisotopic (exact) mass is 554 g/mol.